The standard InChI is InChI=1S/C16H24O6/c1-8-4-5-11(10(3)9(8)2)7-21-16-15(20)14(19)13(18)12(6-17)22-16/h4-5,12-20H,6-7H2,1-3H3/t12-,13-,14+,15-,16-/m1/s1. The lowest BCUT2D eigenvalue weighted by molar-refractivity contribution is -0.304. The molecule has 1 aliphatic rings. The van der Waals surface area contributed by atoms with Crippen LogP contribution in [0, 0.1) is 20.8 Å². The van der Waals surface area contributed by atoms with Crippen molar-refractivity contribution in [1.29, 1.82) is 0 Å². The molecule has 0 aromatic heterocycles. The quantitative estimate of drug-likeness (QED) is 0.621. The molecule has 5 atom stereocenters. The average Bonchev–Trinajstić information content (AvgIpc) is 2.51. The zero-order valence-corrected chi connectivity index (χ0v) is 13.1. The van der Waals surface area contributed by atoms with Crippen molar-refractivity contribution >= 4 is 0 Å². The van der Waals surface area contributed by atoms with Gasteiger partial charge < -0.3 is 29.9 Å². The van der Waals surface area contributed by atoms with Crippen molar-refractivity contribution < 1.29 is 29.9 Å². The fraction of sp³-hybridized carbons (Fsp3) is 0.625. The first kappa shape index (κ1) is 17.3. The van der Waals surface area contributed by atoms with Crippen molar-refractivity contribution in [2.24, 2.45) is 0 Å². The summed E-state index contributed by atoms with van der Waals surface area (Å²) in [7, 11) is 0. The summed E-state index contributed by atoms with van der Waals surface area (Å²) in [5, 5.41) is 38.5. The van der Waals surface area contributed by atoms with Gasteiger partial charge in [-0.15, -0.1) is 0 Å². The number of rotatable bonds is 4. The van der Waals surface area contributed by atoms with Crippen LogP contribution in [0.25, 0.3) is 0 Å². The van der Waals surface area contributed by atoms with Gasteiger partial charge in [0.25, 0.3) is 0 Å². The van der Waals surface area contributed by atoms with Crippen LogP contribution in [-0.2, 0) is 16.1 Å². The number of ether oxygens (including phenoxy) is 2. The van der Waals surface area contributed by atoms with Crippen LogP contribution < -0.4 is 0 Å². The van der Waals surface area contributed by atoms with Crippen molar-refractivity contribution in [3.8, 4) is 0 Å². The van der Waals surface area contributed by atoms with Crippen molar-refractivity contribution in [2.45, 2.75) is 58.1 Å². The van der Waals surface area contributed by atoms with E-state index >= 15 is 0 Å². The number of aliphatic hydroxyl groups excluding tert-OH is 4. The van der Waals surface area contributed by atoms with Crippen LogP contribution in [-0.4, -0.2) is 57.7 Å². The summed E-state index contributed by atoms with van der Waals surface area (Å²) >= 11 is 0. The summed E-state index contributed by atoms with van der Waals surface area (Å²) < 4.78 is 10.9. The topological polar surface area (TPSA) is 99.4 Å². The molecule has 0 aliphatic carbocycles. The molecule has 6 heteroatoms. The monoisotopic (exact) mass is 312 g/mol. The third-order valence-corrected chi connectivity index (χ3v) is 4.42. The largest absolute Gasteiger partial charge is 0.394 e. The van der Waals surface area contributed by atoms with E-state index in [0.717, 1.165) is 11.1 Å². The van der Waals surface area contributed by atoms with Crippen LogP contribution in [0.1, 0.15) is 22.3 Å². The number of hydrogen-bond donors (Lipinski definition) is 4. The fourth-order valence-electron chi connectivity index (χ4n) is 2.55. The highest BCUT2D eigenvalue weighted by Crippen LogP contribution is 2.24. The van der Waals surface area contributed by atoms with Gasteiger partial charge >= 0.3 is 0 Å². The highest BCUT2D eigenvalue weighted by molar-refractivity contribution is 5.38. The lowest BCUT2D eigenvalue weighted by Crippen LogP contribution is -2.59. The fourth-order valence-corrected chi connectivity index (χ4v) is 2.55. The Labute approximate surface area is 129 Å². The number of aliphatic hydroxyl groups is 4. The third kappa shape index (κ3) is 3.32. The van der Waals surface area contributed by atoms with Crippen LogP contribution in [0.3, 0.4) is 0 Å². The summed E-state index contributed by atoms with van der Waals surface area (Å²) in [6.07, 6.45) is -6.22. The van der Waals surface area contributed by atoms with Gasteiger partial charge in [0.15, 0.2) is 6.29 Å². The molecule has 2 rings (SSSR count). The SMILES string of the molecule is Cc1ccc(CO[C@@H]2O[C@H](CO)[C@@H](O)[C@H](O)[C@H]2O)c(C)c1C. The Morgan fingerprint density at radius 1 is 1.00 bits per heavy atom. The Kier molecular flexibility index (Phi) is 5.55. The first-order valence-corrected chi connectivity index (χ1v) is 7.34. The number of hydrogen-bond acceptors (Lipinski definition) is 6. The van der Waals surface area contributed by atoms with Gasteiger partial charge in [0.2, 0.25) is 0 Å². The van der Waals surface area contributed by atoms with E-state index in [1.807, 2.05) is 32.9 Å². The van der Waals surface area contributed by atoms with E-state index in [-0.39, 0.29) is 6.61 Å². The van der Waals surface area contributed by atoms with E-state index in [9.17, 15) is 15.3 Å². The van der Waals surface area contributed by atoms with Gasteiger partial charge in [0.05, 0.1) is 13.2 Å². The van der Waals surface area contributed by atoms with Crippen LogP contribution in [0.4, 0.5) is 0 Å². The predicted octanol–water partition coefficient (Wildman–Crippen LogP) is -0.0716. The zero-order chi connectivity index (χ0) is 16.4. The maximum absolute atomic E-state index is 9.93. The molecule has 0 amide bonds. The van der Waals surface area contributed by atoms with Crippen molar-refractivity contribution in [1.82, 2.24) is 0 Å². The van der Waals surface area contributed by atoms with Crippen molar-refractivity contribution in [3.05, 3.63) is 34.4 Å². The summed E-state index contributed by atoms with van der Waals surface area (Å²) in [4.78, 5) is 0. The predicted molar refractivity (Wildman–Crippen MR) is 79.2 cm³/mol. The first-order valence-electron chi connectivity index (χ1n) is 7.34. The maximum Gasteiger partial charge on any atom is 0.187 e. The van der Waals surface area contributed by atoms with Crippen LogP contribution in [0.5, 0.6) is 0 Å². The number of aryl methyl sites for hydroxylation is 1. The summed E-state index contributed by atoms with van der Waals surface area (Å²) in [5.74, 6) is 0. The molecule has 1 fully saturated rings. The molecule has 1 aromatic rings. The Morgan fingerprint density at radius 3 is 2.32 bits per heavy atom. The molecule has 4 N–H and O–H groups in total. The van der Waals surface area contributed by atoms with E-state index in [1.54, 1.807) is 0 Å². The molecule has 6 nitrogen and oxygen atoms in total. The first-order chi connectivity index (χ1) is 10.4. The lowest BCUT2D eigenvalue weighted by atomic mass is 9.98. The Balaban J connectivity index is 2.06. The Hall–Kier alpha value is -1.02. The van der Waals surface area contributed by atoms with Gasteiger partial charge in [-0.25, -0.2) is 0 Å². The van der Waals surface area contributed by atoms with E-state index in [2.05, 4.69) is 0 Å². The lowest BCUT2D eigenvalue weighted by Gasteiger charge is -2.39. The van der Waals surface area contributed by atoms with Crippen LogP contribution in [0.2, 0.25) is 0 Å². The summed E-state index contributed by atoms with van der Waals surface area (Å²) in [6.45, 7) is 5.80. The molecular formula is C16H24O6. The smallest absolute Gasteiger partial charge is 0.187 e. The van der Waals surface area contributed by atoms with Gasteiger partial charge in [0.1, 0.15) is 24.4 Å². The molecule has 1 heterocycles. The molecule has 1 saturated heterocycles. The van der Waals surface area contributed by atoms with E-state index in [1.165, 1.54) is 11.1 Å². The van der Waals surface area contributed by atoms with Gasteiger partial charge in [-0.2, -0.15) is 0 Å². The highest BCUT2D eigenvalue weighted by Gasteiger charge is 2.43. The summed E-state index contributed by atoms with van der Waals surface area (Å²) in [5.41, 5.74) is 4.42. The second-order valence-electron chi connectivity index (χ2n) is 5.80. The van der Waals surface area contributed by atoms with Gasteiger partial charge in [-0.1, -0.05) is 12.1 Å². The molecule has 0 saturated carbocycles. The summed E-state index contributed by atoms with van der Waals surface area (Å²) in [6, 6.07) is 3.94. The highest BCUT2D eigenvalue weighted by atomic mass is 16.7. The second-order valence-corrected chi connectivity index (χ2v) is 5.80. The minimum absolute atomic E-state index is 0.204. The molecule has 22 heavy (non-hydrogen) atoms. The van der Waals surface area contributed by atoms with Crippen LogP contribution in [0.15, 0.2) is 12.1 Å². The molecule has 1 aliphatic heterocycles. The van der Waals surface area contributed by atoms with Gasteiger partial charge in [-0.05, 0) is 43.0 Å². The number of benzene rings is 1. The minimum Gasteiger partial charge on any atom is -0.394 e. The average molecular weight is 312 g/mol. The normalized spacial score (nSPS) is 32.2. The maximum atomic E-state index is 9.93. The molecule has 0 bridgehead atoms. The molecular weight excluding hydrogens is 288 g/mol. The van der Waals surface area contributed by atoms with E-state index in [0.29, 0.717) is 0 Å². The van der Waals surface area contributed by atoms with E-state index < -0.39 is 37.3 Å². The van der Waals surface area contributed by atoms with E-state index in [4.69, 9.17) is 14.6 Å². The zero-order valence-electron chi connectivity index (χ0n) is 13.1. The van der Waals surface area contributed by atoms with Crippen molar-refractivity contribution in [2.75, 3.05) is 6.61 Å². The van der Waals surface area contributed by atoms with Gasteiger partial charge in [0, 0.05) is 0 Å². The molecule has 124 valence electrons. The van der Waals surface area contributed by atoms with Gasteiger partial charge in [-0.3, -0.25) is 0 Å². The molecule has 0 radical (unpaired) electrons. The Bertz CT molecular complexity index is 516. The van der Waals surface area contributed by atoms with Crippen LogP contribution >= 0.6 is 0 Å². The minimum atomic E-state index is -1.42. The second kappa shape index (κ2) is 7.04. The Morgan fingerprint density at radius 2 is 1.68 bits per heavy atom. The van der Waals surface area contributed by atoms with Crippen molar-refractivity contribution in [3.63, 3.8) is 0 Å². The third-order valence-electron chi connectivity index (χ3n) is 4.42. The molecule has 1 aromatic carbocycles. The molecule has 0 unspecified atom stereocenters. The molecule has 0 spiro atoms.